The van der Waals surface area contributed by atoms with Crippen LogP contribution in [0.1, 0.15) is 23.2 Å². The lowest BCUT2D eigenvalue weighted by Gasteiger charge is -2.27. The summed E-state index contributed by atoms with van der Waals surface area (Å²) in [5.74, 6) is 0.473. The van der Waals surface area contributed by atoms with Crippen molar-refractivity contribution >= 4 is 5.91 Å². The van der Waals surface area contributed by atoms with Crippen molar-refractivity contribution in [3.63, 3.8) is 0 Å². The van der Waals surface area contributed by atoms with E-state index in [1.54, 1.807) is 11.9 Å². The fourth-order valence-electron chi connectivity index (χ4n) is 2.53. The third-order valence-electron chi connectivity index (χ3n) is 3.66. The zero-order valence-corrected chi connectivity index (χ0v) is 12.0. The molecule has 1 aliphatic heterocycles. The van der Waals surface area contributed by atoms with Crippen LogP contribution in [-0.2, 0) is 0 Å². The third kappa shape index (κ3) is 4.67. The van der Waals surface area contributed by atoms with Crippen molar-refractivity contribution in [3.05, 3.63) is 29.8 Å². The molecule has 1 aromatic carbocycles. The minimum absolute atomic E-state index is 0.0579. The highest BCUT2D eigenvalue weighted by molar-refractivity contribution is 5.94. The maximum absolute atomic E-state index is 12.3. The van der Waals surface area contributed by atoms with E-state index in [1.165, 1.54) is 24.3 Å². The van der Waals surface area contributed by atoms with Gasteiger partial charge in [0, 0.05) is 19.2 Å². The first-order valence-electron chi connectivity index (χ1n) is 7.07. The van der Waals surface area contributed by atoms with E-state index in [-0.39, 0.29) is 11.7 Å². The number of nitrogens with zero attached hydrogens (tertiary/aromatic N) is 1. The molecule has 21 heavy (non-hydrogen) atoms. The van der Waals surface area contributed by atoms with E-state index < -0.39 is 6.61 Å². The molecule has 116 valence electrons. The fraction of sp³-hybridized carbons (Fsp3) is 0.533. The summed E-state index contributed by atoms with van der Waals surface area (Å²) in [7, 11) is 1.77. The van der Waals surface area contributed by atoms with Crippen molar-refractivity contribution in [1.29, 1.82) is 0 Å². The molecule has 6 heteroatoms. The normalized spacial score (nSPS) is 16.0. The van der Waals surface area contributed by atoms with Crippen molar-refractivity contribution in [2.45, 2.75) is 19.5 Å². The number of hydrogen-bond donors (Lipinski definition) is 1. The topological polar surface area (TPSA) is 41.6 Å². The lowest BCUT2D eigenvalue weighted by molar-refractivity contribution is -0.0498. The zero-order valence-electron chi connectivity index (χ0n) is 12.0. The minimum atomic E-state index is -2.85. The lowest BCUT2D eigenvalue weighted by Crippen LogP contribution is -2.37. The van der Waals surface area contributed by atoms with Gasteiger partial charge in [-0.25, -0.2) is 0 Å². The predicted molar refractivity (Wildman–Crippen MR) is 75.6 cm³/mol. The Bertz CT molecular complexity index is 459. The number of hydrogen-bond acceptors (Lipinski definition) is 3. The van der Waals surface area contributed by atoms with E-state index >= 15 is 0 Å². The molecule has 2 rings (SSSR count). The predicted octanol–water partition coefficient (Wildman–Crippen LogP) is 2.36. The van der Waals surface area contributed by atoms with Crippen molar-refractivity contribution in [2.24, 2.45) is 5.92 Å². The van der Waals surface area contributed by atoms with Gasteiger partial charge in [0.05, 0.1) is 0 Å². The highest BCUT2D eigenvalue weighted by Gasteiger charge is 2.19. The summed E-state index contributed by atoms with van der Waals surface area (Å²) >= 11 is 0. The number of nitrogens with one attached hydrogen (secondary N) is 1. The summed E-state index contributed by atoms with van der Waals surface area (Å²) in [5, 5.41) is 3.29. The number of halogens is 2. The van der Waals surface area contributed by atoms with Crippen LogP contribution in [-0.4, -0.2) is 44.1 Å². The van der Waals surface area contributed by atoms with Crippen LogP contribution in [0.5, 0.6) is 5.75 Å². The second-order valence-corrected chi connectivity index (χ2v) is 5.28. The summed E-state index contributed by atoms with van der Waals surface area (Å²) in [4.78, 5) is 14.0. The van der Waals surface area contributed by atoms with Crippen LogP contribution in [0.3, 0.4) is 0 Å². The monoisotopic (exact) mass is 298 g/mol. The van der Waals surface area contributed by atoms with Gasteiger partial charge in [0.15, 0.2) is 0 Å². The second-order valence-electron chi connectivity index (χ2n) is 5.28. The van der Waals surface area contributed by atoms with Gasteiger partial charge in [-0.05, 0) is 56.1 Å². The van der Waals surface area contributed by atoms with Crippen LogP contribution in [0.4, 0.5) is 8.78 Å². The van der Waals surface area contributed by atoms with Crippen LogP contribution in [0.15, 0.2) is 24.3 Å². The molecule has 0 aromatic heterocycles. The van der Waals surface area contributed by atoms with Gasteiger partial charge in [-0.15, -0.1) is 0 Å². The molecule has 1 aromatic rings. The quantitative estimate of drug-likeness (QED) is 0.907. The summed E-state index contributed by atoms with van der Waals surface area (Å²) in [6.07, 6.45) is 2.14. The molecule has 1 amide bonds. The van der Waals surface area contributed by atoms with Gasteiger partial charge in [-0.3, -0.25) is 4.79 Å². The number of ether oxygens (including phenoxy) is 1. The van der Waals surface area contributed by atoms with Gasteiger partial charge < -0.3 is 15.0 Å². The van der Waals surface area contributed by atoms with Gasteiger partial charge in [0.25, 0.3) is 5.91 Å². The zero-order chi connectivity index (χ0) is 15.2. The molecule has 0 bridgehead atoms. The number of benzene rings is 1. The number of rotatable bonds is 5. The molecule has 0 spiro atoms. The standard InChI is InChI=1S/C15H20F2N2O2/c1-19(10-11-6-8-18-9-7-11)14(20)12-2-4-13(5-3-12)21-15(16)17/h2-5,11,15,18H,6-10H2,1H3. The highest BCUT2D eigenvalue weighted by atomic mass is 19.3. The van der Waals surface area contributed by atoms with E-state index in [2.05, 4.69) is 10.1 Å². The maximum Gasteiger partial charge on any atom is 0.387 e. The molecule has 1 fully saturated rings. The first-order valence-corrected chi connectivity index (χ1v) is 7.07. The molecule has 0 unspecified atom stereocenters. The smallest absolute Gasteiger partial charge is 0.387 e. The van der Waals surface area contributed by atoms with E-state index in [9.17, 15) is 13.6 Å². The van der Waals surface area contributed by atoms with E-state index in [1.807, 2.05) is 0 Å². The largest absolute Gasteiger partial charge is 0.435 e. The number of piperidine rings is 1. The lowest BCUT2D eigenvalue weighted by atomic mass is 9.97. The molecule has 1 aliphatic rings. The molecule has 1 heterocycles. The van der Waals surface area contributed by atoms with Crippen molar-refractivity contribution in [3.8, 4) is 5.75 Å². The minimum Gasteiger partial charge on any atom is -0.435 e. The Balaban J connectivity index is 1.91. The molecule has 4 nitrogen and oxygen atoms in total. The Kier molecular flexibility index (Phi) is 5.50. The summed E-state index contributed by atoms with van der Waals surface area (Å²) in [6, 6.07) is 5.80. The Morgan fingerprint density at radius 3 is 2.52 bits per heavy atom. The SMILES string of the molecule is CN(CC1CCNCC1)C(=O)c1ccc(OC(F)F)cc1. The van der Waals surface area contributed by atoms with E-state index in [0.29, 0.717) is 11.5 Å². The summed E-state index contributed by atoms with van der Waals surface area (Å²) < 4.78 is 28.4. The third-order valence-corrected chi connectivity index (χ3v) is 3.66. The van der Waals surface area contributed by atoms with Gasteiger partial charge in [0.1, 0.15) is 5.75 Å². The molecule has 1 saturated heterocycles. The average Bonchev–Trinajstić information content (AvgIpc) is 2.47. The van der Waals surface area contributed by atoms with Gasteiger partial charge in [0.2, 0.25) is 0 Å². The van der Waals surface area contributed by atoms with Gasteiger partial charge in [-0.2, -0.15) is 8.78 Å². The molecule has 1 N–H and O–H groups in total. The first kappa shape index (κ1) is 15.7. The Hall–Kier alpha value is -1.69. The molecular formula is C15H20F2N2O2. The number of carbonyl (C=O) groups is 1. The maximum atomic E-state index is 12.3. The number of alkyl halides is 2. The Labute approximate surface area is 123 Å². The highest BCUT2D eigenvalue weighted by Crippen LogP contribution is 2.17. The van der Waals surface area contributed by atoms with Crippen LogP contribution in [0, 0.1) is 5.92 Å². The summed E-state index contributed by atoms with van der Waals surface area (Å²) in [6.45, 7) is -0.150. The second kappa shape index (κ2) is 7.36. The number of amides is 1. The molecule has 0 aliphatic carbocycles. The molecule has 0 saturated carbocycles. The van der Waals surface area contributed by atoms with Gasteiger partial charge >= 0.3 is 6.61 Å². The van der Waals surface area contributed by atoms with Crippen molar-refractivity contribution < 1.29 is 18.3 Å². The van der Waals surface area contributed by atoms with Crippen LogP contribution in [0.2, 0.25) is 0 Å². The molecule has 0 atom stereocenters. The Morgan fingerprint density at radius 1 is 1.33 bits per heavy atom. The fourth-order valence-corrected chi connectivity index (χ4v) is 2.53. The molecular weight excluding hydrogens is 278 g/mol. The van der Waals surface area contributed by atoms with E-state index in [4.69, 9.17) is 0 Å². The van der Waals surface area contributed by atoms with Crippen LogP contribution < -0.4 is 10.1 Å². The van der Waals surface area contributed by atoms with Crippen molar-refractivity contribution in [2.75, 3.05) is 26.7 Å². The summed E-state index contributed by atoms with van der Waals surface area (Å²) in [5.41, 5.74) is 0.480. The van der Waals surface area contributed by atoms with Gasteiger partial charge in [-0.1, -0.05) is 0 Å². The van der Waals surface area contributed by atoms with E-state index in [0.717, 1.165) is 32.5 Å². The Morgan fingerprint density at radius 2 is 1.95 bits per heavy atom. The van der Waals surface area contributed by atoms with Crippen LogP contribution in [0.25, 0.3) is 0 Å². The molecule has 0 radical (unpaired) electrons. The van der Waals surface area contributed by atoms with Crippen molar-refractivity contribution in [1.82, 2.24) is 10.2 Å². The number of carbonyl (C=O) groups excluding carboxylic acids is 1. The average molecular weight is 298 g/mol. The van der Waals surface area contributed by atoms with Crippen LogP contribution >= 0.6 is 0 Å². The first-order chi connectivity index (χ1) is 10.1.